The quantitative estimate of drug-likeness (QED) is 0.181. The van der Waals surface area contributed by atoms with Gasteiger partial charge in [0.1, 0.15) is 0 Å². The fourth-order valence-corrected chi connectivity index (χ4v) is 5.79. The molecule has 1 saturated heterocycles. The van der Waals surface area contributed by atoms with Crippen molar-refractivity contribution in [2.45, 2.75) is 38.4 Å². The number of hydrogen-bond donors (Lipinski definition) is 3. The normalized spacial score (nSPS) is 19.7. The topological polar surface area (TPSA) is 64.6 Å². The van der Waals surface area contributed by atoms with Crippen LogP contribution in [0, 0.1) is 5.92 Å². The number of aliphatic carboxylic acids is 1. The molecule has 1 unspecified atom stereocenters. The van der Waals surface area contributed by atoms with E-state index in [0.29, 0.717) is 11.5 Å². The SMILES string of the molecule is O=C(O)/C=C/c1ccc(/C(=C(\c2cccc(N3CCCC3)c2)C2CCC2)c2ccc3c(c2)C(F)NN3)cc1. The maximum Gasteiger partial charge on any atom is 0.328 e. The average molecular weight is 510 g/mol. The molecule has 0 bridgehead atoms. The zero-order valence-electron chi connectivity index (χ0n) is 21.3. The molecule has 5 nitrogen and oxygen atoms in total. The second-order valence-electron chi connectivity index (χ2n) is 10.4. The molecule has 1 aliphatic carbocycles. The van der Waals surface area contributed by atoms with Crippen molar-refractivity contribution in [2.75, 3.05) is 23.4 Å². The zero-order valence-corrected chi connectivity index (χ0v) is 21.3. The number of anilines is 2. The number of benzene rings is 3. The van der Waals surface area contributed by atoms with E-state index >= 15 is 0 Å². The van der Waals surface area contributed by atoms with E-state index < -0.39 is 12.3 Å². The molecule has 0 amide bonds. The van der Waals surface area contributed by atoms with Crippen molar-refractivity contribution in [2.24, 2.45) is 5.92 Å². The highest BCUT2D eigenvalue weighted by Crippen LogP contribution is 2.46. The summed E-state index contributed by atoms with van der Waals surface area (Å²) in [5.74, 6) is -0.544. The van der Waals surface area contributed by atoms with Gasteiger partial charge in [0.25, 0.3) is 0 Å². The Balaban J connectivity index is 1.53. The largest absolute Gasteiger partial charge is 0.478 e. The average Bonchev–Trinajstić information content (AvgIpc) is 3.57. The van der Waals surface area contributed by atoms with E-state index in [1.807, 2.05) is 24.3 Å². The number of nitrogens with one attached hydrogen (secondary N) is 2. The maximum atomic E-state index is 14.7. The minimum absolute atomic E-state index is 0.427. The van der Waals surface area contributed by atoms with Crippen molar-refractivity contribution >= 4 is 34.6 Å². The smallest absolute Gasteiger partial charge is 0.328 e. The molecule has 0 spiro atoms. The van der Waals surface area contributed by atoms with E-state index in [9.17, 15) is 9.18 Å². The lowest BCUT2D eigenvalue weighted by Gasteiger charge is -2.32. The number of hydrogen-bond acceptors (Lipinski definition) is 4. The number of fused-ring (bicyclic) bond motifs is 1. The van der Waals surface area contributed by atoms with Crippen LogP contribution in [0.4, 0.5) is 15.8 Å². The molecular formula is C32H32FN3O2. The van der Waals surface area contributed by atoms with Crippen LogP contribution in [0.15, 0.2) is 72.8 Å². The van der Waals surface area contributed by atoms with Gasteiger partial charge >= 0.3 is 5.97 Å². The van der Waals surface area contributed by atoms with Crippen LogP contribution in [0.2, 0.25) is 0 Å². The van der Waals surface area contributed by atoms with E-state index in [2.05, 4.69) is 58.2 Å². The van der Waals surface area contributed by atoms with Crippen molar-refractivity contribution in [1.82, 2.24) is 5.43 Å². The molecule has 0 aromatic heterocycles. The molecule has 3 aromatic rings. The predicted octanol–water partition coefficient (Wildman–Crippen LogP) is 7.04. The summed E-state index contributed by atoms with van der Waals surface area (Å²) in [6.07, 6.45) is 7.41. The molecule has 6 heteroatoms. The van der Waals surface area contributed by atoms with Gasteiger partial charge in [0.05, 0.1) is 5.69 Å². The highest BCUT2D eigenvalue weighted by molar-refractivity contribution is 6.00. The molecule has 3 aromatic carbocycles. The van der Waals surface area contributed by atoms with Crippen molar-refractivity contribution in [3.63, 3.8) is 0 Å². The number of carbonyl (C=O) groups is 1. The molecule has 3 N–H and O–H groups in total. The van der Waals surface area contributed by atoms with Gasteiger partial charge in [-0.3, -0.25) is 0 Å². The summed E-state index contributed by atoms with van der Waals surface area (Å²) >= 11 is 0. The lowest BCUT2D eigenvalue weighted by atomic mass is 9.73. The first kappa shape index (κ1) is 24.4. The van der Waals surface area contributed by atoms with E-state index in [4.69, 9.17) is 5.11 Å². The molecule has 3 aliphatic rings. The second kappa shape index (κ2) is 10.5. The molecular weight excluding hydrogens is 477 g/mol. The van der Waals surface area contributed by atoms with Crippen LogP contribution in [0.3, 0.4) is 0 Å². The van der Waals surface area contributed by atoms with Crippen molar-refractivity contribution in [1.29, 1.82) is 0 Å². The second-order valence-corrected chi connectivity index (χ2v) is 10.4. The predicted molar refractivity (Wildman–Crippen MR) is 151 cm³/mol. The zero-order chi connectivity index (χ0) is 26.1. The van der Waals surface area contributed by atoms with Crippen LogP contribution in [-0.2, 0) is 4.79 Å². The first-order valence-electron chi connectivity index (χ1n) is 13.5. The van der Waals surface area contributed by atoms with Crippen LogP contribution in [0.25, 0.3) is 17.2 Å². The number of alkyl halides is 1. The number of carboxylic acid groups (broad SMARTS) is 1. The standard InChI is InChI=1S/C32H32FN3O2/c33-32-27-20-25(14-15-28(27)34-35-32)31(23-12-9-21(10-13-23)11-16-29(37)38)30(22-5-3-6-22)24-7-4-8-26(19-24)36-17-1-2-18-36/h4,7-16,19-20,22,32,34-35H,1-3,5-6,17-18H2,(H,37,38)/b16-11+,31-30+. The Morgan fingerprint density at radius 3 is 2.39 bits per heavy atom. The Kier molecular flexibility index (Phi) is 6.73. The lowest BCUT2D eigenvalue weighted by Crippen LogP contribution is -2.18. The van der Waals surface area contributed by atoms with E-state index in [0.717, 1.165) is 60.0 Å². The fraction of sp³-hybridized carbons (Fsp3) is 0.281. The Bertz CT molecular complexity index is 1400. The number of allylic oxidation sites excluding steroid dienone is 1. The summed E-state index contributed by atoms with van der Waals surface area (Å²) in [5, 5.41) is 9.02. The van der Waals surface area contributed by atoms with Crippen molar-refractivity contribution in [3.8, 4) is 0 Å². The number of nitrogens with zero attached hydrogens (tertiary/aromatic N) is 1. The van der Waals surface area contributed by atoms with E-state index in [-0.39, 0.29) is 0 Å². The van der Waals surface area contributed by atoms with Gasteiger partial charge in [-0.25, -0.2) is 14.6 Å². The number of hydrazine groups is 1. The summed E-state index contributed by atoms with van der Waals surface area (Å²) in [6.45, 7) is 2.18. The van der Waals surface area contributed by atoms with E-state index in [1.165, 1.54) is 36.1 Å². The minimum atomic E-state index is -1.26. The Morgan fingerprint density at radius 1 is 0.921 bits per heavy atom. The van der Waals surface area contributed by atoms with Gasteiger partial charge < -0.3 is 15.4 Å². The van der Waals surface area contributed by atoms with Gasteiger partial charge in [-0.05, 0) is 95.3 Å². The molecule has 1 saturated carbocycles. The lowest BCUT2D eigenvalue weighted by molar-refractivity contribution is -0.131. The van der Waals surface area contributed by atoms with Gasteiger partial charge in [-0.1, -0.05) is 48.9 Å². The molecule has 2 heterocycles. The van der Waals surface area contributed by atoms with Gasteiger partial charge in [-0.15, -0.1) is 0 Å². The Morgan fingerprint density at radius 2 is 1.68 bits per heavy atom. The molecule has 194 valence electrons. The number of rotatable bonds is 7. The van der Waals surface area contributed by atoms with Crippen LogP contribution < -0.4 is 15.8 Å². The first-order valence-corrected chi connectivity index (χ1v) is 13.5. The molecule has 1 atom stereocenters. The molecule has 6 rings (SSSR count). The monoisotopic (exact) mass is 509 g/mol. The molecule has 38 heavy (non-hydrogen) atoms. The number of halogens is 1. The van der Waals surface area contributed by atoms with Gasteiger partial charge in [0.15, 0.2) is 6.30 Å². The van der Waals surface area contributed by atoms with Gasteiger partial charge in [-0.2, -0.15) is 0 Å². The summed E-state index contributed by atoms with van der Waals surface area (Å²) in [5.41, 5.74) is 14.7. The third-order valence-corrected chi connectivity index (χ3v) is 7.98. The van der Waals surface area contributed by atoms with Crippen molar-refractivity contribution in [3.05, 3.63) is 101 Å². The van der Waals surface area contributed by atoms with Crippen LogP contribution in [0.1, 0.15) is 66.2 Å². The van der Waals surface area contributed by atoms with Gasteiger partial charge in [0, 0.05) is 30.4 Å². The summed E-state index contributed by atoms with van der Waals surface area (Å²) in [6, 6.07) is 22.9. The van der Waals surface area contributed by atoms with Gasteiger partial charge in [0.2, 0.25) is 0 Å². The number of carboxylic acids is 1. The maximum absolute atomic E-state index is 14.7. The van der Waals surface area contributed by atoms with Crippen LogP contribution >= 0.6 is 0 Å². The first-order chi connectivity index (χ1) is 18.6. The fourth-order valence-electron chi connectivity index (χ4n) is 5.79. The highest BCUT2D eigenvalue weighted by atomic mass is 19.1. The molecule has 0 radical (unpaired) electrons. The molecule has 2 aliphatic heterocycles. The van der Waals surface area contributed by atoms with E-state index in [1.54, 1.807) is 6.08 Å². The summed E-state index contributed by atoms with van der Waals surface area (Å²) in [4.78, 5) is 13.5. The Labute approximate surface area is 222 Å². The third kappa shape index (κ3) is 4.84. The molecule has 2 fully saturated rings. The Hall–Kier alpha value is -3.90. The third-order valence-electron chi connectivity index (χ3n) is 7.98. The van der Waals surface area contributed by atoms with Crippen molar-refractivity contribution < 1.29 is 14.3 Å². The summed E-state index contributed by atoms with van der Waals surface area (Å²) in [7, 11) is 0. The van der Waals surface area contributed by atoms with Crippen LogP contribution in [-0.4, -0.2) is 24.2 Å². The van der Waals surface area contributed by atoms with Crippen LogP contribution in [0.5, 0.6) is 0 Å². The minimum Gasteiger partial charge on any atom is -0.478 e. The summed E-state index contributed by atoms with van der Waals surface area (Å²) < 4.78 is 14.7. The highest BCUT2D eigenvalue weighted by Gasteiger charge is 2.29.